The molecule has 0 spiro atoms. The summed E-state index contributed by atoms with van der Waals surface area (Å²) < 4.78 is 0. The van der Waals surface area contributed by atoms with Gasteiger partial charge in [-0.2, -0.15) is 0 Å². The van der Waals surface area contributed by atoms with E-state index in [1.807, 2.05) is 36.4 Å². The van der Waals surface area contributed by atoms with Gasteiger partial charge < -0.3 is 0 Å². The van der Waals surface area contributed by atoms with E-state index in [9.17, 15) is 0 Å². The molecule has 2 rings (SSSR count). The van der Waals surface area contributed by atoms with Crippen molar-refractivity contribution >= 4 is 34.8 Å². The molecule has 94 valence electrons. The van der Waals surface area contributed by atoms with Crippen molar-refractivity contribution in [1.82, 2.24) is 0 Å². The zero-order chi connectivity index (χ0) is 13.1. The molecular formula is C15H13Cl3. The predicted molar refractivity (Wildman–Crippen MR) is 80.0 cm³/mol. The highest BCUT2D eigenvalue weighted by atomic mass is 35.5. The van der Waals surface area contributed by atoms with Gasteiger partial charge in [0.15, 0.2) is 0 Å². The van der Waals surface area contributed by atoms with E-state index in [0.29, 0.717) is 10.9 Å². The van der Waals surface area contributed by atoms with Gasteiger partial charge in [0.2, 0.25) is 0 Å². The Bertz CT molecular complexity index is 532. The molecule has 3 heteroatoms. The molecule has 0 fully saturated rings. The third kappa shape index (κ3) is 3.41. The Kier molecular flexibility index (Phi) is 4.55. The first-order chi connectivity index (χ1) is 8.56. The molecule has 1 atom stereocenters. The molecule has 0 N–H and O–H groups in total. The fourth-order valence-electron chi connectivity index (χ4n) is 1.99. The Labute approximate surface area is 122 Å². The third-order valence-corrected chi connectivity index (χ3v) is 3.76. The maximum absolute atomic E-state index is 6.21. The Morgan fingerprint density at radius 3 is 2.11 bits per heavy atom. The molecule has 0 aliphatic carbocycles. The number of hydrogen-bond acceptors (Lipinski definition) is 0. The number of halogens is 3. The summed E-state index contributed by atoms with van der Waals surface area (Å²) in [5.41, 5.74) is 2.37. The topological polar surface area (TPSA) is 0 Å². The SMILES string of the molecule is CC(Cc1ccc(Cl)cc1)c1ccc(Cl)cc1Cl. The second-order valence-corrected chi connectivity index (χ2v) is 5.68. The van der Waals surface area contributed by atoms with Crippen molar-refractivity contribution in [3.63, 3.8) is 0 Å². The van der Waals surface area contributed by atoms with Gasteiger partial charge in [-0.25, -0.2) is 0 Å². The average molecular weight is 300 g/mol. The summed E-state index contributed by atoms with van der Waals surface area (Å²) in [6.07, 6.45) is 0.929. The zero-order valence-electron chi connectivity index (χ0n) is 9.96. The summed E-state index contributed by atoms with van der Waals surface area (Å²) in [7, 11) is 0. The van der Waals surface area contributed by atoms with Gasteiger partial charge in [-0.3, -0.25) is 0 Å². The van der Waals surface area contributed by atoms with Crippen LogP contribution in [0, 0.1) is 0 Å². The van der Waals surface area contributed by atoms with Crippen molar-refractivity contribution in [1.29, 1.82) is 0 Å². The number of rotatable bonds is 3. The summed E-state index contributed by atoms with van der Waals surface area (Å²) in [6, 6.07) is 13.6. The van der Waals surface area contributed by atoms with Crippen LogP contribution in [0.1, 0.15) is 24.0 Å². The molecule has 0 aliphatic heterocycles. The molecular weight excluding hydrogens is 287 g/mol. The minimum absolute atomic E-state index is 0.343. The van der Waals surface area contributed by atoms with Gasteiger partial charge in [0.05, 0.1) is 0 Å². The highest BCUT2D eigenvalue weighted by molar-refractivity contribution is 6.35. The van der Waals surface area contributed by atoms with Gasteiger partial charge in [0.25, 0.3) is 0 Å². The summed E-state index contributed by atoms with van der Waals surface area (Å²) in [6.45, 7) is 2.16. The van der Waals surface area contributed by atoms with Crippen LogP contribution in [0.3, 0.4) is 0 Å². The van der Waals surface area contributed by atoms with Gasteiger partial charge in [-0.05, 0) is 47.7 Å². The maximum Gasteiger partial charge on any atom is 0.0455 e. The van der Waals surface area contributed by atoms with E-state index in [0.717, 1.165) is 22.0 Å². The lowest BCUT2D eigenvalue weighted by Gasteiger charge is -2.14. The second-order valence-electron chi connectivity index (χ2n) is 4.40. The molecule has 0 saturated carbocycles. The predicted octanol–water partition coefficient (Wildman–Crippen LogP) is 5.99. The van der Waals surface area contributed by atoms with E-state index < -0.39 is 0 Å². The molecule has 0 radical (unpaired) electrons. The molecule has 0 amide bonds. The fraction of sp³-hybridized carbons (Fsp3) is 0.200. The molecule has 2 aromatic rings. The van der Waals surface area contributed by atoms with Crippen LogP contribution in [0.2, 0.25) is 15.1 Å². The summed E-state index contributed by atoms with van der Waals surface area (Å²) >= 11 is 18.0. The van der Waals surface area contributed by atoms with Crippen LogP contribution in [0.25, 0.3) is 0 Å². The Balaban J connectivity index is 2.16. The van der Waals surface area contributed by atoms with E-state index in [2.05, 4.69) is 6.92 Å². The maximum atomic E-state index is 6.21. The summed E-state index contributed by atoms with van der Waals surface area (Å²) in [5.74, 6) is 0.343. The number of hydrogen-bond donors (Lipinski definition) is 0. The molecule has 18 heavy (non-hydrogen) atoms. The smallest absolute Gasteiger partial charge is 0.0455 e. The van der Waals surface area contributed by atoms with Crippen LogP contribution in [-0.2, 0) is 6.42 Å². The molecule has 1 unspecified atom stereocenters. The van der Waals surface area contributed by atoms with Gasteiger partial charge in [-0.15, -0.1) is 0 Å². The minimum atomic E-state index is 0.343. The van der Waals surface area contributed by atoms with Gasteiger partial charge in [0.1, 0.15) is 0 Å². The third-order valence-electron chi connectivity index (χ3n) is 2.95. The average Bonchev–Trinajstić information content (AvgIpc) is 2.32. The molecule has 2 aromatic carbocycles. The van der Waals surface area contributed by atoms with Crippen LogP contribution < -0.4 is 0 Å². The monoisotopic (exact) mass is 298 g/mol. The lowest BCUT2D eigenvalue weighted by molar-refractivity contribution is 0.759. The van der Waals surface area contributed by atoms with Crippen LogP contribution in [0.15, 0.2) is 42.5 Å². The van der Waals surface area contributed by atoms with Crippen LogP contribution >= 0.6 is 34.8 Å². The Morgan fingerprint density at radius 1 is 0.889 bits per heavy atom. The van der Waals surface area contributed by atoms with E-state index in [4.69, 9.17) is 34.8 Å². The standard InChI is InChI=1S/C15H13Cl3/c1-10(8-11-2-4-12(16)5-3-11)14-7-6-13(17)9-15(14)18/h2-7,9-10H,8H2,1H3. The van der Waals surface area contributed by atoms with Crippen molar-refractivity contribution in [2.75, 3.05) is 0 Å². The van der Waals surface area contributed by atoms with Crippen LogP contribution in [-0.4, -0.2) is 0 Å². The first-order valence-electron chi connectivity index (χ1n) is 5.75. The van der Waals surface area contributed by atoms with E-state index in [1.165, 1.54) is 5.56 Å². The molecule has 0 bridgehead atoms. The lowest BCUT2D eigenvalue weighted by Crippen LogP contribution is -1.99. The van der Waals surface area contributed by atoms with Crippen molar-refractivity contribution in [3.05, 3.63) is 68.7 Å². The summed E-state index contributed by atoms with van der Waals surface area (Å²) in [4.78, 5) is 0. The van der Waals surface area contributed by atoms with E-state index in [-0.39, 0.29) is 0 Å². The molecule has 0 aromatic heterocycles. The highest BCUT2D eigenvalue weighted by Gasteiger charge is 2.10. The van der Waals surface area contributed by atoms with Crippen molar-refractivity contribution in [3.8, 4) is 0 Å². The fourth-order valence-corrected chi connectivity index (χ4v) is 2.71. The van der Waals surface area contributed by atoms with E-state index in [1.54, 1.807) is 6.07 Å². The zero-order valence-corrected chi connectivity index (χ0v) is 12.2. The highest BCUT2D eigenvalue weighted by Crippen LogP contribution is 2.29. The van der Waals surface area contributed by atoms with E-state index >= 15 is 0 Å². The molecule has 0 nitrogen and oxygen atoms in total. The largest absolute Gasteiger partial charge is 0.0843 e. The van der Waals surface area contributed by atoms with Gasteiger partial charge in [-0.1, -0.05) is 59.9 Å². The summed E-state index contributed by atoms with van der Waals surface area (Å²) in [5, 5.41) is 2.15. The van der Waals surface area contributed by atoms with Gasteiger partial charge in [0, 0.05) is 15.1 Å². The molecule has 0 saturated heterocycles. The normalized spacial score (nSPS) is 12.4. The number of benzene rings is 2. The van der Waals surface area contributed by atoms with Crippen molar-refractivity contribution < 1.29 is 0 Å². The lowest BCUT2D eigenvalue weighted by atomic mass is 9.94. The first-order valence-corrected chi connectivity index (χ1v) is 6.89. The Morgan fingerprint density at radius 2 is 1.50 bits per heavy atom. The van der Waals surface area contributed by atoms with Crippen LogP contribution in [0.5, 0.6) is 0 Å². The van der Waals surface area contributed by atoms with Crippen molar-refractivity contribution in [2.45, 2.75) is 19.3 Å². The second kappa shape index (κ2) is 5.97. The molecule has 0 heterocycles. The minimum Gasteiger partial charge on any atom is -0.0843 e. The van der Waals surface area contributed by atoms with Crippen molar-refractivity contribution in [2.24, 2.45) is 0 Å². The quantitative estimate of drug-likeness (QED) is 0.652. The van der Waals surface area contributed by atoms with Gasteiger partial charge >= 0.3 is 0 Å². The van der Waals surface area contributed by atoms with Crippen LogP contribution in [0.4, 0.5) is 0 Å². The first kappa shape index (κ1) is 13.7. The Hall–Kier alpha value is -0.690. The molecule has 0 aliphatic rings.